The van der Waals surface area contributed by atoms with Gasteiger partial charge < -0.3 is 5.73 Å². The monoisotopic (exact) mass is 188 g/mol. The van der Waals surface area contributed by atoms with Crippen molar-refractivity contribution in [2.24, 2.45) is 10.7 Å². The fourth-order valence-electron chi connectivity index (χ4n) is 1.87. The average molecular weight is 188 g/mol. The van der Waals surface area contributed by atoms with Gasteiger partial charge in [-0.3, -0.25) is 4.99 Å². The number of nitrogens with two attached hydrogens (primary N) is 1. The van der Waals surface area contributed by atoms with E-state index < -0.39 is 0 Å². The summed E-state index contributed by atoms with van der Waals surface area (Å²) in [6, 6.07) is 8.46. The standard InChI is InChI=1S/C12H16N2/c1-2-7-14-12(13)11-8-9-5-3-4-6-10(9)11/h3-6,11H,2,7-8H2,1H3,(H2,13,14). The van der Waals surface area contributed by atoms with E-state index in [9.17, 15) is 0 Å². The minimum atomic E-state index is 0.387. The van der Waals surface area contributed by atoms with Crippen LogP contribution in [0.2, 0.25) is 0 Å². The lowest BCUT2D eigenvalue weighted by atomic mass is 9.77. The first-order chi connectivity index (χ1) is 6.83. The molecule has 2 N–H and O–H groups in total. The van der Waals surface area contributed by atoms with Crippen LogP contribution in [0, 0.1) is 0 Å². The molecule has 1 aliphatic rings. The van der Waals surface area contributed by atoms with Gasteiger partial charge in [-0.05, 0) is 24.0 Å². The summed E-state index contributed by atoms with van der Waals surface area (Å²) in [5.41, 5.74) is 8.72. The van der Waals surface area contributed by atoms with E-state index in [1.54, 1.807) is 0 Å². The van der Waals surface area contributed by atoms with E-state index in [1.807, 2.05) is 0 Å². The van der Waals surface area contributed by atoms with E-state index in [0.717, 1.165) is 25.2 Å². The van der Waals surface area contributed by atoms with Crippen molar-refractivity contribution < 1.29 is 0 Å². The van der Waals surface area contributed by atoms with Gasteiger partial charge in [-0.25, -0.2) is 0 Å². The Morgan fingerprint density at radius 1 is 1.50 bits per heavy atom. The van der Waals surface area contributed by atoms with E-state index in [0.29, 0.717) is 5.92 Å². The molecule has 2 heteroatoms. The third-order valence-corrected chi connectivity index (χ3v) is 2.73. The third-order valence-electron chi connectivity index (χ3n) is 2.73. The summed E-state index contributed by atoms with van der Waals surface area (Å²) >= 11 is 0. The Bertz CT molecular complexity index is 355. The quantitative estimate of drug-likeness (QED) is 0.572. The summed E-state index contributed by atoms with van der Waals surface area (Å²) in [6.45, 7) is 2.97. The third kappa shape index (κ3) is 1.52. The second-order valence-electron chi connectivity index (χ2n) is 3.76. The first-order valence-electron chi connectivity index (χ1n) is 5.20. The van der Waals surface area contributed by atoms with Gasteiger partial charge in [0.1, 0.15) is 5.84 Å². The molecule has 0 heterocycles. The molecule has 1 aromatic rings. The SMILES string of the molecule is CCCN=C(N)C1Cc2ccccc21. The smallest absolute Gasteiger partial charge is 0.102 e. The lowest BCUT2D eigenvalue weighted by Gasteiger charge is -2.29. The zero-order valence-corrected chi connectivity index (χ0v) is 8.53. The zero-order chi connectivity index (χ0) is 9.97. The lowest BCUT2D eigenvalue weighted by Crippen LogP contribution is -2.31. The summed E-state index contributed by atoms with van der Waals surface area (Å²) in [5.74, 6) is 1.20. The Balaban J connectivity index is 2.11. The van der Waals surface area contributed by atoms with Crippen LogP contribution in [-0.4, -0.2) is 12.4 Å². The molecular weight excluding hydrogens is 172 g/mol. The fourth-order valence-corrected chi connectivity index (χ4v) is 1.87. The van der Waals surface area contributed by atoms with Crippen LogP contribution < -0.4 is 5.73 Å². The van der Waals surface area contributed by atoms with Gasteiger partial charge in [-0.2, -0.15) is 0 Å². The Morgan fingerprint density at radius 2 is 2.29 bits per heavy atom. The second-order valence-corrected chi connectivity index (χ2v) is 3.76. The van der Waals surface area contributed by atoms with Crippen molar-refractivity contribution in [2.75, 3.05) is 6.54 Å². The van der Waals surface area contributed by atoms with Crippen molar-refractivity contribution in [3.05, 3.63) is 35.4 Å². The van der Waals surface area contributed by atoms with E-state index in [-0.39, 0.29) is 0 Å². The topological polar surface area (TPSA) is 38.4 Å². The molecule has 0 fully saturated rings. The van der Waals surface area contributed by atoms with Crippen LogP contribution in [0.3, 0.4) is 0 Å². The number of aliphatic imine (C=N–C) groups is 1. The summed E-state index contributed by atoms with van der Waals surface area (Å²) in [5, 5.41) is 0. The lowest BCUT2D eigenvalue weighted by molar-refractivity contribution is 0.753. The predicted molar refractivity (Wildman–Crippen MR) is 59.7 cm³/mol. The van der Waals surface area contributed by atoms with E-state index in [1.165, 1.54) is 11.1 Å². The van der Waals surface area contributed by atoms with Crippen LogP contribution in [0.1, 0.15) is 30.4 Å². The maximum Gasteiger partial charge on any atom is 0.102 e. The van der Waals surface area contributed by atoms with Gasteiger partial charge in [0.25, 0.3) is 0 Å². The summed E-state index contributed by atoms with van der Waals surface area (Å²) in [6.07, 6.45) is 2.13. The van der Waals surface area contributed by atoms with Crippen molar-refractivity contribution >= 4 is 5.84 Å². The first-order valence-corrected chi connectivity index (χ1v) is 5.20. The van der Waals surface area contributed by atoms with Crippen molar-refractivity contribution in [3.63, 3.8) is 0 Å². The van der Waals surface area contributed by atoms with Crippen molar-refractivity contribution in [3.8, 4) is 0 Å². The molecule has 1 aliphatic carbocycles. The maximum absolute atomic E-state index is 5.93. The predicted octanol–water partition coefficient (Wildman–Crippen LogP) is 2.09. The molecule has 1 unspecified atom stereocenters. The van der Waals surface area contributed by atoms with Gasteiger partial charge in [0, 0.05) is 12.5 Å². The van der Waals surface area contributed by atoms with E-state index in [2.05, 4.69) is 36.2 Å². The van der Waals surface area contributed by atoms with Gasteiger partial charge in [0.05, 0.1) is 0 Å². The largest absolute Gasteiger partial charge is 0.387 e. The van der Waals surface area contributed by atoms with Gasteiger partial charge in [-0.15, -0.1) is 0 Å². The van der Waals surface area contributed by atoms with Gasteiger partial charge in [0.15, 0.2) is 0 Å². The Hall–Kier alpha value is -1.31. The van der Waals surface area contributed by atoms with Crippen LogP contribution in [0.25, 0.3) is 0 Å². The zero-order valence-electron chi connectivity index (χ0n) is 8.53. The molecular formula is C12H16N2. The molecule has 1 atom stereocenters. The number of amidine groups is 1. The Labute approximate surface area is 84.9 Å². The number of nitrogens with zero attached hydrogens (tertiary/aromatic N) is 1. The molecule has 0 saturated heterocycles. The van der Waals surface area contributed by atoms with Crippen LogP contribution >= 0.6 is 0 Å². The first kappa shape index (κ1) is 9.25. The minimum absolute atomic E-state index is 0.387. The van der Waals surface area contributed by atoms with Crippen molar-refractivity contribution in [1.82, 2.24) is 0 Å². The molecule has 0 amide bonds. The highest BCUT2D eigenvalue weighted by molar-refractivity contribution is 5.90. The van der Waals surface area contributed by atoms with E-state index in [4.69, 9.17) is 5.73 Å². The summed E-state index contributed by atoms with van der Waals surface area (Å²) in [4.78, 5) is 4.36. The Kier molecular flexibility index (Phi) is 2.53. The number of hydrogen-bond donors (Lipinski definition) is 1. The molecule has 0 saturated carbocycles. The van der Waals surface area contributed by atoms with Crippen molar-refractivity contribution in [1.29, 1.82) is 0 Å². The molecule has 0 aromatic heterocycles. The molecule has 74 valence electrons. The molecule has 14 heavy (non-hydrogen) atoms. The Morgan fingerprint density at radius 3 is 3.00 bits per heavy atom. The second kappa shape index (κ2) is 3.82. The number of benzene rings is 1. The van der Waals surface area contributed by atoms with Crippen molar-refractivity contribution in [2.45, 2.75) is 25.7 Å². The molecule has 2 rings (SSSR count). The molecule has 0 bridgehead atoms. The van der Waals surface area contributed by atoms with Gasteiger partial charge in [-0.1, -0.05) is 31.2 Å². The average Bonchev–Trinajstić information content (AvgIpc) is 2.17. The number of hydrogen-bond acceptors (Lipinski definition) is 1. The molecule has 1 aromatic carbocycles. The van der Waals surface area contributed by atoms with E-state index >= 15 is 0 Å². The van der Waals surface area contributed by atoms with Crippen LogP contribution in [0.15, 0.2) is 29.3 Å². The summed E-state index contributed by atoms with van der Waals surface area (Å²) < 4.78 is 0. The summed E-state index contributed by atoms with van der Waals surface area (Å²) in [7, 11) is 0. The highest BCUT2D eigenvalue weighted by atomic mass is 14.9. The van der Waals surface area contributed by atoms with Gasteiger partial charge >= 0.3 is 0 Å². The highest BCUT2D eigenvalue weighted by Gasteiger charge is 2.28. The molecule has 0 radical (unpaired) electrons. The van der Waals surface area contributed by atoms with Crippen LogP contribution in [-0.2, 0) is 6.42 Å². The number of rotatable bonds is 3. The molecule has 0 spiro atoms. The highest BCUT2D eigenvalue weighted by Crippen LogP contribution is 2.34. The number of fused-ring (bicyclic) bond motifs is 1. The molecule has 0 aliphatic heterocycles. The normalized spacial score (nSPS) is 20.1. The van der Waals surface area contributed by atoms with Gasteiger partial charge in [0.2, 0.25) is 0 Å². The maximum atomic E-state index is 5.93. The van der Waals surface area contributed by atoms with Crippen LogP contribution in [0.4, 0.5) is 0 Å². The minimum Gasteiger partial charge on any atom is -0.387 e. The fraction of sp³-hybridized carbons (Fsp3) is 0.417. The van der Waals surface area contributed by atoms with Crippen LogP contribution in [0.5, 0.6) is 0 Å². The molecule has 2 nitrogen and oxygen atoms in total.